The van der Waals surface area contributed by atoms with Crippen molar-refractivity contribution in [3.05, 3.63) is 47.2 Å². The topological polar surface area (TPSA) is 57.9 Å². The summed E-state index contributed by atoms with van der Waals surface area (Å²) in [5.74, 6) is 0.292. The molecule has 0 atom stereocenters. The van der Waals surface area contributed by atoms with Gasteiger partial charge in [-0.15, -0.1) is 0 Å². The molecule has 4 aromatic rings. The molecule has 2 aromatic heterocycles. The summed E-state index contributed by atoms with van der Waals surface area (Å²) in [6, 6.07) is 10.5. The second kappa shape index (κ2) is 6.69. The summed E-state index contributed by atoms with van der Waals surface area (Å²) in [6.07, 6.45) is 6.18. The van der Waals surface area contributed by atoms with Crippen LogP contribution in [0.25, 0.3) is 32.7 Å². The predicted molar refractivity (Wildman–Crippen MR) is 114 cm³/mol. The standard InChI is InChI=1S/C24H26N2O2/c1-14-21-15(2)23(24(27)28-13-16-8-4-3-5-9-16)26-20(21)12-18-17-10-6-7-11-19(17)25-22(14)18/h6-7,10-12,16,25-26H,3-5,8-9,13H2,1-2H3. The fourth-order valence-corrected chi connectivity index (χ4v) is 4.91. The number of benzene rings is 2. The summed E-state index contributed by atoms with van der Waals surface area (Å²) in [5.41, 5.74) is 6.00. The summed E-state index contributed by atoms with van der Waals surface area (Å²) in [7, 11) is 0. The van der Waals surface area contributed by atoms with E-state index in [0.29, 0.717) is 18.2 Å². The molecule has 144 valence electrons. The Morgan fingerprint density at radius 3 is 2.61 bits per heavy atom. The lowest BCUT2D eigenvalue weighted by Crippen LogP contribution is -2.17. The van der Waals surface area contributed by atoms with Crippen LogP contribution >= 0.6 is 0 Å². The fourth-order valence-electron chi connectivity index (χ4n) is 4.91. The van der Waals surface area contributed by atoms with Gasteiger partial charge in [-0.2, -0.15) is 0 Å². The maximum absolute atomic E-state index is 12.8. The molecule has 2 N–H and O–H groups in total. The molecule has 5 rings (SSSR count). The third-order valence-electron chi connectivity index (χ3n) is 6.44. The number of aryl methyl sites for hydroxylation is 2. The molecule has 0 amide bonds. The molecule has 4 heteroatoms. The van der Waals surface area contributed by atoms with Crippen LogP contribution in [0.2, 0.25) is 0 Å². The zero-order valence-corrected chi connectivity index (χ0v) is 16.5. The van der Waals surface area contributed by atoms with E-state index in [4.69, 9.17) is 4.74 Å². The number of aromatic nitrogens is 2. The zero-order chi connectivity index (χ0) is 19.3. The molecule has 0 unspecified atom stereocenters. The van der Waals surface area contributed by atoms with Gasteiger partial charge in [0.15, 0.2) is 0 Å². The molecule has 1 aliphatic carbocycles. The van der Waals surface area contributed by atoms with Gasteiger partial charge in [0.1, 0.15) is 5.69 Å². The normalized spacial score (nSPS) is 15.6. The number of hydrogen-bond donors (Lipinski definition) is 2. The van der Waals surface area contributed by atoms with Crippen LogP contribution in [0.15, 0.2) is 30.3 Å². The molecule has 0 radical (unpaired) electrons. The Bertz CT molecular complexity index is 1190. The number of para-hydroxylation sites is 1. The number of esters is 1. The predicted octanol–water partition coefficient (Wildman–Crippen LogP) is 6.16. The van der Waals surface area contributed by atoms with Gasteiger partial charge in [0.2, 0.25) is 0 Å². The van der Waals surface area contributed by atoms with E-state index in [1.54, 1.807) is 0 Å². The first-order valence-corrected chi connectivity index (χ1v) is 10.3. The Balaban J connectivity index is 1.53. The average Bonchev–Trinajstić information content (AvgIpc) is 3.26. The summed E-state index contributed by atoms with van der Waals surface area (Å²) < 4.78 is 5.69. The summed E-state index contributed by atoms with van der Waals surface area (Å²) in [5, 5.41) is 3.50. The van der Waals surface area contributed by atoms with Crippen LogP contribution in [0.5, 0.6) is 0 Å². The highest BCUT2D eigenvalue weighted by Gasteiger charge is 2.22. The summed E-state index contributed by atoms with van der Waals surface area (Å²) >= 11 is 0. The van der Waals surface area contributed by atoms with Crippen molar-refractivity contribution in [3.8, 4) is 0 Å². The number of carbonyl (C=O) groups is 1. The first-order valence-electron chi connectivity index (χ1n) is 10.3. The summed E-state index contributed by atoms with van der Waals surface area (Å²) in [4.78, 5) is 19.7. The quantitative estimate of drug-likeness (QED) is 0.422. The van der Waals surface area contributed by atoms with Crippen LogP contribution in [0.1, 0.15) is 53.7 Å². The second-order valence-electron chi connectivity index (χ2n) is 8.24. The van der Waals surface area contributed by atoms with Gasteiger partial charge in [-0.25, -0.2) is 4.79 Å². The molecule has 1 fully saturated rings. The minimum Gasteiger partial charge on any atom is -0.461 e. The minimum absolute atomic E-state index is 0.229. The lowest BCUT2D eigenvalue weighted by atomic mass is 9.90. The lowest BCUT2D eigenvalue weighted by Gasteiger charge is -2.20. The van der Waals surface area contributed by atoms with E-state index in [9.17, 15) is 4.79 Å². The molecular weight excluding hydrogens is 348 g/mol. The van der Waals surface area contributed by atoms with Crippen LogP contribution in [-0.2, 0) is 4.74 Å². The number of nitrogens with one attached hydrogen (secondary N) is 2. The Hall–Kier alpha value is -2.75. The molecule has 4 nitrogen and oxygen atoms in total. The SMILES string of the molecule is Cc1c(C(=O)OCC2CCCCC2)[nH]c2cc3c([nH]c4ccccc43)c(C)c12. The van der Waals surface area contributed by atoms with Gasteiger partial charge in [0.25, 0.3) is 0 Å². The molecule has 0 spiro atoms. The van der Waals surface area contributed by atoms with E-state index >= 15 is 0 Å². The molecular formula is C24H26N2O2. The van der Waals surface area contributed by atoms with Crippen molar-refractivity contribution in [1.82, 2.24) is 9.97 Å². The molecule has 1 aliphatic rings. The maximum atomic E-state index is 12.8. The minimum atomic E-state index is -0.229. The number of carbonyl (C=O) groups excluding carboxylic acids is 1. The highest BCUT2D eigenvalue weighted by atomic mass is 16.5. The Morgan fingerprint density at radius 2 is 1.79 bits per heavy atom. The number of aromatic amines is 2. The van der Waals surface area contributed by atoms with E-state index in [-0.39, 0.29) is 5.97 Å². The van der Waals surface area contributed by atoms with Gasteiger partial charge in [0.05, 0.1) is 12.1 Å². The molecule has 0 saturated heterocycles. The van der Waals surface area contributed by atoms with Gasteiger partial charge in [0, 0.05) is 27.2 Å². The lowest BCUT2D eigenvalue weighted by molar-refractivity contribution is 0.0404. The van der Waals surface area contributed by atoms with Gasteiger partial charge in [-0.3, -0.25) is 0 Å². The first kappa shape index (κ1) is 17.4. The maximum Gasteiger partial charge on any atom is 0.355 e. The van der Waals surface area contributed by atoms with Crippen molar-refractivity contribution in [1.29, 1.82) is 0 Å². The molecule has 2 heterocycles. The molecule has 0 bridgehead atoms. The number of fused-ring (bicyclic) bond motifs is 4. The van der Waals surface area contributed by atoms with Crippen molar-refractivity contribution in [2.24, 2.45) is 5.92 Å². The summed E-state index contributed by atoms with van der Waals surface area (Å²) in [6.45, 7) is 4.67. The average molecular weight is 374 g/mol. The number of ether oxygens (including phenoxy) is 1. The van der Waals surface area contributed by atoms with Gasteiger partial charge in [-0.1, -0.05) is 37.5 Å². The van der Waals surface area contributed by atoms with Crippen molar-refractivity contribution >= 4 is 38.7 Å². The molecule has 2 aromatic carbocycles. The van der Waals surface area contributed by atoms with Crippen LogP contribution in [0.3, 0.4) is 0 Å². The monoisotopic (exact) mass is 374 g/mol. The molecule has 1 saturated carbocycles. The van der Waals surface area contributed by atoms with E-state index in [1.165, 1.54) is 48.4 Å². The zero-order valence-electron chi connectivity index (χ0n) is 16.5. The van der Waals surface area contributed by atoms with E-state index in [1.807, 2.05) is 13.0 Å². The van der Waals surface area contributed by atoms with Crippen molar-refractivity contribution in [2.75, 3.05) is 6.61 Å². The van der Waals surface area contributed by atoms with E-state index in [0.717, 1.165) is 27.5 Å². The Labute approximate surface area is 164 Å². The third kappa shape index (κ3) is 2.70. The van der Waals surface area contributed by atoms with Gasteiger partial charge in [-0.05, 0) is 55.9 Å². The Kier molecular flexibility index (Phi) is 4.15. The first-order chi connectivity index (χ1) is 13.6. The largest absolute Gasteiger partial charge is 0.461 e. The van der Waals surface area contributed by atoms with Crippen LogP contribution in [0, 0.1) is 19.8 Å². The van der Waals surface area contributed by atoms with E-state index < -0.39 is 0 Å². The van der Waals surface area contributed by atoms with Crippen LogP contribution in [-0.4, -0.2) is 22.5 Å². The fraction of sp³-hybridized carbons (Fsp3) is 0.375. The van der Waals surface area contributed by atoms with Crippen molar-refractivity contribution in [2.45, 2.75) is 46.0 Å². The smallest absolute Gasteiger partial charge is 0.355 e. The number of H-pyrrole nitrogens is 2. The van der Waals surface area contributed by atoms with Crippen molar-refractivity contribution < 1.29 is 9.53 Å². The van der Waals surface area contributed by atoms with Crippen LogP contribution < -0.4 is 0 Å². The number of hydrogen-bond acceptors (Lipinski definition) is 2. The van der Waals surface area contributed by atoms with Gasteiger partial charge >= 0.3 is 5.97 Å². The van der Waals surface area contributed by atoms with Crippen LogP contribution in [0.4, 0.5) is 0 Å². The highest BCUT2D eigenvalue weighted by molar-refractivity contribution is 6.14. The van der Waals surface area contributed by atoms with Crippen molar-refractivity contribution in [3.63, 3.8) is 0 Å². The Morgan fingerprint density at radius 1 is 1.00 bits per heavy atom. The van der Waals surface area contributed by atoms with Gasteiger partial charge < -0.3 is 14.7 Å². The molecule has 28 heavy (non-hydrogen) atoms. The number of rotatable bonds is 3. The second-order valence-corrected chi connectivity index (χ2v) is 8.24. The third-order valence-corrected chi connectivity index (χ3v) is 6.44. The van der Waals surface area contributed by atoms with E-state index in [2.05, 4.69) is 41.2 Å². The molecule has 0 aliphatic heterocycles. The highest BCUT2D eigenvalue weighted by Crippen LogP contribution is 2.35.